The van der Waals surface area contributed by atoms with Crippen LogP contribution in [0.3, 0.4) is 0 Å². The molecule has 8 atom stereocenters. The predicted octanol–water partition coefficient (Wildman–Crippen LogP) is -2.35. The number of ether oxygens (including phenoxy) is 2. The summed E-state index contributed by atoms with van der Waals surface area (Å²) in [7, 11) is 0. The number of aliphatic hydroxyl groups excluding tert-OH is 4. The number of rotatable bonds is 5. The number of nitrogens with one attached hydrogen (secondary N) is 1. The first kappa shape index (κ1) is 20.8. The lowest BCUT2D eigenvalue weighted by molar-refractivity contribution is -0.0500. The van der Waals surface area contributed by atoms with E-state index in [1.54, 1.807) is 0 Å². The molecule has 0 aromatic carbocycles. The van der Waals surface area contributed by atoms with Crippen molar-refractivity contribution in [2.24, 2.45) is 0 Å². The van der Waals surface area contributed by atoms with E-state index in [0.29, 0.717) is 0 Å². The zero-order valence-electron chi connectivity index (χ0n) is 13.6. The average molecular weight is 504 g/mol. The third kappa shape index (κ3) is 3.57. The SMILES string of the molecule is O=c1[nH]c(=O)n([C@@H]2O[C@H](CO)[C@@H](O)C2F)cc1C1O[C@H](CO)[C@@H](O)[C@@H]1OI. The van der Waals surface area contributed by atoms with Crippen molar-refractivity contribution in [2.45, 2.75) is 49.0 Å². The molecule has 3 rings (SSSR count). The van der Waals surface area contributed by atoms with Crippen LogP contribution >= 0.6 is 23.0 Å². The molecule has 11 nitrogen and oxygen atoms in total. The number of aromatic amines is 1. The maximum atomic E-state index is 14.3. The van der Waals surface area contributed by atoms with Gasteiger partial charge < -0.3 is 33.0 Å². The maximum absolute atomic E-state index is 14.3. The van der Waals surface area contributed by atoms with Gasteiger partial charge in [-0.3, -0.25) is 14.3 Å². The second-order valence-corrected chi connectivity index (χ2v) is 6.76. The fraction of sp³-hybridized carbons (Fsp3) is 0.714. The second-order valence-electron chi connectivity index (χ2n) is 6.26. The summed E-state index contributed by atoms with van der Waals surface area (Å²) in [6.45, 7) is -1.20. The van der Waals surface area contributed by atoms with Gasteiger partial charge in [-0.2, -0.15) is 0 Å². The van der Waals surface area contributed by atoms with E-state index in [1.165, 1.54) is 23.0 Å². The molecule has 3 heterocycles. The average Bonchev–Trinajstić information content (AvgIpc) is 3.12. The first-order valence-corrected chi connectivity index (χ1v) is 8.87. The van der Waals surface area contributed by atoms with E-state index in [1.807, 2.05) is 4.98 Å². The highest BCUT2D eigenvalue weighted by Crippen LogP contribution is 2.36. The molecule has 13 heteroatoms. The van der Waals surface area contributed by atoms with Crippen molar-refractivity contribution in [1.82, 2.24) is 9.55 Å². The van der Waals surface area contributed by atoms with Gasteiger partial charge in [0.05, 0.1) is 18.8 Å². The number of hydrogen-bond donors (Lipinski definition) is 5. The molecule has 2 fully saturated rings. The summed E-state index contributed by atoms with van der Waals surface area (Å²) >= 11 is 1.50. The summed E-state index contributed by atoms with van der Waals surface area (Å²) in [6.07, 6.45) is -9.96. The van der Waals surface area contributed by atoms with Crippen LogP contribution in [0.5, 0.6) is 0 Å². The fourth-order valence-electron chi connectivity index (χ4n) is 3.21. The highest BCUT2D eigenvalue weighted by atomic mass is 127. The minimum atomic E-state index is -2.03. The van der Waals surface area contributed by atoms with Crippen LogP contribution in [-0.2, 0) is 12.5 Å². The van der Waals surface area contributed by atoms with Gasteiger partial charge in [0.2, 0.25) is 0 Å². The minimum Gasteiger partial charge on any atom is -0.394 e. The van der Waals surface area contributed by atoms with Crippen molar-refractivity contribution in [3.8, 4) is 0 Å². The molecule has 0 spiro atoms. The largest absolute Gasteiger partial charge is 0.394 e. The Balaban J connectivity index is 2.01. The molecule has 0 radical (unpaired) electrons. The van der Waals surface area contributed by atoms with Crippen molar-refractivity contribution in [2.75, 3.05) is 13.2 Å². The zero-order chi connectivity index (χ0) is 19.9. The molecule has 0 aliphatic carbocycles. The number of aromatic nitrogens is 2. The van der Waals surface area contributed by atoms with Gasteiger partial charge in [0.25, 0.3) is 5.56 Å². The number of nitrogens with zero attached hydrogens (tertiary/aromatic N) is 1. The molecule has 5 N–H and O–H groups in total. The molecule has 2 aliphatic heterocycles. The second kappa shape index (κ2) is 8.20. The number of aliphatic hydroxyl groups is 4. The van der Waals surface area contributed by atoms with Crippen molar-refractivity contribution >= 4 is 23.0 Å². The molecule has 152 valence electrons. The van der Waals surface area contributed by atoms with E-state index in [2.05, 4.69) is 0 Å². The number of alkyl halides is 1. The molecule has 2 unspecified atom stereocenters. The standard InChI is InChI=1S/C14H18FIN2O9/c15-7-8(21)5(2-19)26-13(7)18-1-4(12(23)17-14(18)24)10-11(27-16)9(22)6(3-20)25-10/h1,5-11,13,19-22H,2-3H2,(H,17,23,24)/t5-,6-,7?,8-,9-,10?,11+,13-/m1/s1. The summed E-state index contributed by atoms with van der Waals surface area (Å²) < 4.78 is 30.8. The minimum absolute atomic E-state index is 0.163. The third-order valence-corrected chi connectivity index (χ3v) is 5.26. The normalized spacial score (nSPS) is 39.2. The highest BCUT2D eigenvalue weighted by molar-refractivity contribution is 14.1. The van der Waals surface area contributed by atoms with Crippen LogP contribution in [0, 0.1) is 0 Å². The van der Waals surface area contributed by atoms with E-state index < -0.39 is 73.5 Å². The van der Waals surface area contributed by atoms with Crippen LogP contribution in [0.1, 0.15) is 17.9 Å². The quantitative estimate of drug-likeness (QED) is 0.277. The molecule has 1 aromatic heterocycles. The Hall–Kier alpha value is -0.940. The first-order valence-electron chi connectivity index (χ1n) is 7.99. The van der Waals surface area contributed by atoms with Gasteiger partial charge in [0, 0.05) is 6.20 Å². The van der Waals surface area contributed by atoms with Crippen LogP contribution in [-0.4, -0.2) is 79.9 Å². The van der Waals surface area contributed by atoms with Gasteiger partial charge in [-0.1, -0.05) is 0 Å². The van der Waals surface area contributed by atoms with Crippen LogP contribution < -0.4 is 11.2 Å². The first-order chi connectivity index (χ1) is 12.8. The van der Waals surface area contributed by atoms with Crippen molar-refractivity contribution in [3.63, 3.8) is 0 Å². The summed E-state index contributed by atoms with van der Waals surface area (Å²) in [5.41, 5.74) is -2.01. The Morgan fingerprint density at radius 3 is 2.37 bits per heavy atom. The van der Waals surface area contributed by atoms with Crippen LogP contribution in [0.15, 0.2) is 15.8 Å². The van der Waals surface area contributed by atoms with E-state index in [9.17, 15) is 29.3 Å². The monoisotopic (exact) mass is 504 g/mol. The zero-order valence-corrected chi connectivity index (χ0v) is 15.8. The molecule has 0 bridgehead atoms. The van der Waals surface area contributed by atoms with Gasteiger partial charge in [-0.05, 0) is 0 Å². The number of hydrogen-bond acceptors (Lipinski definition) is 9. The van der Waals surface area contributed by atoms with E-state index >= 15 is 0 Å². The molecule has 0 amide bonds. The molecular formula is C14H18FIN2O9. The summed E-state index contributed by atoms with van der Waals surface area (Å²) in [6, 6.07) is 0. The van der Waals surface area contributed by atoms with Gasteiger partial charge in [0.15, 0.2) is 12.4 Å². The molecule has 2 saturated heterocycles. The van der Waals surface area contributed by atoms with E-state index in [0.717, 1.165) is 10.8 Å². The lowest BCUT2D eigenvalue weighted by atomic mass is 10.0. The van der Waals surface area contributed by atoms with E-state index in [4.69, 9.17) is 17.6 Å². The molecule has 27 heavy (non-hydrogen) atoms. The van der Waals surface area contributed by atoms with E-state index in [-0.39, 0.29) is 5.56 Å². The van der Waals surface area contributed by atoms with Crippen LogP contribution in [0.25, 0.3) is 0 Å². The Morgan fingerprint density at radius 2 is 1.81 bits per heavy atom. The van der Waals surface area contributed by atoms with Crippen LogP contribution in [0.2, 0.25) is 0 Å². The highest BCUT2D eigenvalue weighted by Gasteiger charge is 2.48. The maximum Gasteiger partial charge on any atom is 0.330 e. The Morgan fingerprint density at radius 1 is 1.19 bits per heavy atom. The molecule has 0 saturated carbocycles. The number of halogens is 2. The van der Waals surface area contributed by atoms with Gasteiger partial charge >= 0.3 is 5.69 Å². The van der Waals surface area contributed by atoms with Gasteiger partial charge in [-0.15, -0.1) is 0 Å². The third-order valence-electron chi connectivity index (χ3n) is 4.67. The van der Waals surface area contributed by atoms with Crippen molar-refractivity contribution in [1.29, 1.82) is 0 Å². The Labute approximate surface area is 165 Å². The van der Waals surface area contributed by atoms with Crippen LogP contribution in [0.4, 0.5) is 4.39 Å². The molecular weight excluding hydrogens is 486 g/mol. The topological polar surface area (TPSA) is 163 Å². The van der Waals surface area contributed by atoms with Crippen molar-refractivity contribution in [3.05, 3.63) is 32.6 Å². The smallest absolute Gasteiger partial charge is 0.330 e. The molecule has 1 aromatic rings. The fourth-order valence-corrected chi connectivity index (χ4v) is 3.78. The lowest BCUT2D eigenvalue weighted by Gasteiger charge is -2.20. The van der Waals surface area contributed by atoms with Gasteiger partial charge in [-0.25, -0.2) is 9.18 Å². The predicted molar refractivity (Wildman–Crippen MR) is 92.8 cm³/mol. The molecule has 2 aliphatic rings. The number of H-pyrrole nitrogens is 1. The van der Waals surface area contributed by atoms with Crippen molar-refractivity contribution < 1.29 is 37.4 Å². The summed E-state index contributed by atoms with van der Waals surface area (Å²) in [4.78, 5) is 26.4. The summed E-state index contributed by atoms with van der Waals surface area (Å²) in [5, 5.41) is 38.2. The summed E-state index contributed by atoms with van der Waals surface area (Å²) in [5.74, 6) is 0. The Kier molecular flexibility index (Phi) is 6.31. The van der Waals surface area contributed by atoms with Gasteiger partial charge in [0.1, 0.15) is 59.6 Å². The lowest BCUT2D eigenvalue weighted by Crippen LogP contribution is -2.39. The Bertz CT molecular complexity index is 789.